The molecular formula is C16H23NO5. The van der Waals surface area contributed by atoms with Crippen molar-refractivity contribution in [2.24, 2.45) is 0 Å². The van der Waals surface area contributed by atoms with Crippen LogP contribution in [0.5, 0.6) is 17.2 Å². The van der Waals surface area contributed by atoms with Crippen LogP contribution in [-0.4, -0.2) is 62.7 Å². The summed E-state index contributed by atoms with van der Waals surface area (Å²) in [7, 11) is 1.66. The molecule has 0 bridgehead atoms. The molecule has 1 aromatic rings. The van der Waals surface area contributed by atoms with Gasteiger partial charge in [-0.05, 0) is 6.07 Å². The second kappa shape index (κ2) is 7.17. The molecule has 0 saturated carbocycles. The average molecular weight is 309 g/mol. The quantitative estimate of drug-likeness (QED) is 0.900. The van der Waals surface area contributed by atoms with E-state index in [4.69, 9.17) is 18.9 Å². The van der Waals surface area contributed by atoms with Gasteiger partial charge in [0.1, 0.15) is 5.75 Å². The molecule has 0 aromatic heterocycles. The number of hydrogen-bond donors (Lipinski definition) is 1. The van der Waals surface area contributed by atoms with Crippen molar-refractivity contribution in [1.29, 1.82) is 0 Å². The van der Waals surface area contributed by atoms with Crippen LogP contribution in [0.25, 0.3) is 0 Å². The fourth-order valence-electron chi connectivity index (χ4n) is 2.79. The molecule has 2 aliphatic rings. The molecule has 22 heavy (non-hydrogen) atoms. The smallest absolute Gasteiger partial charge is 0.164 e. The van der Waals surface area contributed by atoms with Gasteiger partial charge in [0, 0.05) is 37.7 Å². The largest absolute Gasteiger partial charge is 0.496 e. The Morgan fingerprint density at radius 3 is 2.77 bits per heavy atom. The zero-order valence-electron chi connectivity index (χ0n) is 12.9. The molecule has 0 radical (unpaired) electrons. The fraction of sp³-hybridized carbons (Fsp3) is 0.625. The molecule has 0 unspecified atom stereocenters. The van der Waals surface area contributed by atoms with E-state index in [1.807, 2.05) is 12.1 Å². The first-order valence-electron chi connectivity index (χ1n) is 7.71. The standard InChI is InChI=1S/C16H23NO5/c1-19-14-8-16-15(21-4-2-5-22-16)7-12(14)9-17-3-6-20-11-13(18)10-17/h7-8,13,18H,2-6,9-11H2,1H3/t13-/m0/s1. The molecule has 0 amide bonds. The van der Waals surface area contributed by atoms with Gasteiger partial charge in [-0.15, -0.1) is 0 Å². The minimum absolute atomic E-state index is 0.398. The lowest BCUT2D eigenvalue weighted by Gasteiger charge is -2.23. The summed E-state index contributed by atoms with van der Waals surface area (Å²) in [5, 5.41) is 9.85. The van der Waals surface area contributed by atoms with E-state index in [2.05, 4.69) is 4.90 Å². The third kappa shape index (κ3) is 3.63. The lowest BCUT2D eigenvalue weighted by Crippen LogP contribution is -2.32. The number of ether oxygens (including phenoxy) is 4. The predicted molar refractivity (Wildman–Crippen MR) is 80.7 cm³/mol. The van der Waals surface area contributed by atoms with Crippen molar-refractivity contribution in [3.05, 3.63) is 17.7 Å². The monoisotopic (exact) mass is 309 g/mol. The zero-order valence-corrected chi connectivity index (χ0v) is 12.9. The first kappa shape index (κ1) is 15.4. The van der Waals surface area contributed by atoms with Crippen molar-refractivity contribution in [2.75, 3.05) is 46.6 Å². The maximum atomic E-state index is 9.85. The van der Waals surface area contributed by atoms with Crippen molar-refractivity contribution in [3.63, 3.8) is 0 Å². The van der Waals surface area contributed by atoms with Gasteiger partial charge in [-0.1, -0.05) is 0 Å². The Kier molecular flexibility index (Phi) is 5.02. The molecule has 1 aromatic carbocycles. The molecule has 6 nitrogen and oxygen atoms in total. The molecule has 122 valence electrons. The summed E-state index contributed by atoms with van der Waals surface area (Å²) in [4.78, 5) is 2.17. The highest BCUT2D eigenvalue weighted by Gasteiger charge is 2.20. The van der Waals surface area contributed by atoms with Crippen LogP contribution in [0.1, 0.15) is 12.0 Å². The van der Waals surface area contributed by atoms with E-state index >= 15 is 0 Å². The van der Waals surface area contributed by atoms with Gasteiger partial charge in [-0.2, -0.15) is 0 Å². The Bertz CT molecular complexity index is 508. The van der Waals surface area contributed by atoms with E-state index in [1.165, 1.54) is 0 Å². The Morgan fingerprint density at radius 2 is 2.00 bits per heavy atom. The average Bonchev–Trinajstić information content (AvgIpc) is 2.86. The molecule has 2 heterocycles. The summed E-state index contributed by atoms with van der Waals surface area (Å²) >= 11 is 0. The molecule has 2 aliphatic heterocycles. The fourth-order valence-corrected chi connectivity index (χ4v) is 2.79. The highest BCUT2D eigenvalue weighted by Crippen LogP contribution is 2.37. The summed E-state index contributed by atoms with van der Waals surface area (Å²) in [6.45, 7) is 4.41. The van der Waals surface area contributed by atoms with Crippen molar-refractivity contribution in [2.45, 2.75) is 19.1 Å². The molecule has 6 heteroatoms. The van der Waals surface area contributed by atoms with Gasteiger partial charge < -0.3 is 24.1 Å². The minimum Gasteiger partial charge on any atom is -0.496 e. The summed E-state index contributed by atoms with van der Waals surface area (Å²) in [5.74, 6) is 2.28. The van der Waals surface area contributed by atoms with Gasteiger partial charge in [-0.25, -0.2) is 0 Å². The van der Waals surface area contributed by atoms with Gasteiger partial charge in [0.05, 0.1) is 39.6 Å². The number of methoxy groups -OCH3 is 1. The van der Waals surface area contributed by atoms with Crippen molar-refractivity contribution in [3.8, 4) is 17.2 Å². The number of hydrogen-bond acceptors (Lipinski definition) is 6. The van der Waals surface area contributed by atoms with E-state index in [-0.39, 0.29) is 0 Å². The van der Waals surface area contributed by atoms with Gasteiger partial charge in [0.2, 0.25) is 0 Å². The Labute approximate surface area is 130 Å². The molecule has 3 rings (SSSR count). The Morgan fingerprint density at radius 1 is 1.23 bits per heavy atom. The molecule has 1 N–H and O–H groups in total. The number of benzene rings is 1. The highest BCUT2D eigenvalue weighted by molar-refractivity contribution is 5.51. The Balaban J connectivity index is 1.81. The summed E-state index contributed by atoms with van der Waals surface area (Å²) in [5.41, 5.74) is 1.03. The van der Waals surface area contributed by atoms with E-state index in [1.54, 1.807) is 7.11 Å². The number of nitrogens with zero attached hydrogens (tertiary/aromatic N) is 1. The van der Waals surface area contributed by atoms with Crippen LogP contribution in [0.2, 0.25) is 0 Å². The maximum absolute atomic E-state index is 9.85. The van der Waals surface area contributed by atoms with Crippen LogP contribution in [0, 0.1) is 0 Å². The van der Waals surface area contributed by atoms with Crippen molar-refractivity contribution < 1.29 is 24.1 Å². The van der Waals surface area contributed by atoms with Crippen LogP contribution >= 0.6 is 0 Å². The first-order chi connectivity index (χ1) is 10.8. The summed E-state index contributed by atoms with van der Waals surface area (Å²) in [6, 6.07) is 3.87. The summed E-state index contributed by atoms with van der Waals surface area (Å²) < 4.78 is 22.3. The SMILES string of the molecule is COc1cc2c(cc1CN1CCOC[C@@H](O)C1)OCCCO2. The highest BCUT2D eigenvalue weighted by atomic mass is 16.5. The van der Waals surface area contributed by atoms with Crippen LogP contribution < -0.4 is 14.2 Å². The lowest BCUT2D eigenvalue weighted by molar-refractivity contribution is 0.0562. The number of β-amino-alcohol motifs (C(OH)–C–C–N with tert-alkyl or cyclic N) is 1. The number of fused-ring (bicyclic) bond motifs is 1. The first-order valence-corrected chi connectivity index (χ1v) is 7.71. The third-order valence-corrected chi connectivity index (χ3v) is 3.88. The van der Waals surface area contributed by atoms with Gasteiger partial charge >= 0.3 is 0 Å². The van der Waals surface area contributed by atoms with Crippen LogP contribution in [0.15, 0.2) is 12.1 Å². The second-order valence-corrected chi connectivity index (χ2v) is 5.63. The number of aliphatic hydroxyl groups is 1. The zero-order chi connectivity index (χ0) is 15.4. The van der Waals surface area contributed by atoms with Crippen molar-refractivity contribution in [1.82, 2.24) is 4.90 Å². The normalized spacial score (nSPS) is 22.7. The van der Waals surface area contributed by atoms with E-state index in [0.717, 1.165) is 35.8 Å². The molecule has 0 spiro atoms. The van der Waals surface area contributed by atoms with Gasteiger partial charge in [-0.3, -0.25) is 4.90 Å². The minimum atomic E-state index is -0.450. The topological polar surface area (TPSA) is 60.4 Å². The molecule has 1 atom stereocenters. The summed E-state index contributed by atoms with van der Waals surface area (Å²) in [6.07, 6.45) is 0.427. The third-order valence-electron chi connectivity index (χ3n) is 3.88. The van der Waals surface area contributed by atoms with E-state index in [0.29, 0.717) is 39.5 Å². The maximum Gasteiger partial charge on any atom is 0.164 e. The van der Waals surface area contributed by atoms with E-state index in [9.17, 15) is 5.11 Å². The Hall–Kier alpha value is -1.50. The van der Waals surface area contributed by atoms with Crippen molar-refractivity contribution >= 4 is 0 Å². The lowest BCUT2D eigenvalue weighted by atomic mass is 10.1. The second-order valence-electron chi connectivity index (χ2n) is 5.63. The van der Waals surface area contributed by atoms with Crippen LogP contribution in [0.3, 0.4) is 0 Å². The molecule has 0 aliphatic carbocycles. The van der Waals surface area contributed by atoms with Gasteiger partial charge in [0.15, 0.2) is 11.5 Å². The number of rotatable bonds is 3. The molecule has 1 saturated heterocycles. The van der Waals surface area contributed by atoms with Crippen LogP contribution in [0.4, 0.5) is 0 Å². The molecular weight excluding hydrogens is 286 g/mol. The predicted octanol–water partition coefficient (Wildman–Crippen LogP) is 1.05. The van der Waals surface area contributed by atoms with Gasteiger partial charge in [0.25, 0.3) is 0 Å². The number of aliphatic hydroxyl groups excluding tert-OH is 1. The van der Waals surface area contributed by atoms with Crippen LogP contribution in [-0.2, 0) is 11.3 Å². The van der Waals surface area contributed by atoms with E-state index < -0.39 is 6.10 Å². The molecule has 1 fully saturated rings.